The predicted molar refractivity (Wildman–Crippen MR) is 175 cm³/mol. The molecule has 3 fully saturated rings. The molecule has 7 rings (SSSR count). The van der Waals surface area contributed by atoms with Crippen LogP contribution in [0.1, 0.15) is 74.6 Å². The van der Waals surface area contributed by atoms with Crippen molar-refractivity contribution < 1.29 is 9.47 Å². The molecule has 5 heteroatoms. The third-order valence-corrected chi connectivity index (χ3v) is 12.2. The molecule has 5 atom stereocenters. The summed E-state index contributed by atoms with van der Waals surface area (Å²) < 4.78 is 13.0. The second-order valence-corrected chi connectivity index (χ2v) is 14.0. The van der Waals surface area contributed by atoms with Gasteiger partial charge >= 0.3 is 0 Å². The molecule has 3 aliphatic carbocycles. The molecule has 1 aliphatic heterocycles. The summed E-state index contributed by atoms with van der Waals surface area (Å²) in [5.74, 6) is 3.84. The fraction of sp³-hybridized carbons (Fsp3) is 0.513. The topological polar surface area (TPSA) is 48.7 Å². The van der Waals surface area contributed by atoms with Crippen molar-refractivity contribution >= 4 is 0 Å². The molecule has 0 N–H and O–H groups in total. The first-order chi connectivity index (χ1) is 21.4. The summed E-state index contributed by atoms with van der Waals surface area (Å²) in [4.78, 5) is 5.51. The number of ether oxygens (including phenoxy) is 2. The summed E-state index contributed by atoms with van der Waals surface area (Å²) in [6.07, 6.45) is 8.69. The van der Waals surface area contributed by atoms with Crippen molar-refractivity contribution in [2.75, 3.05) is 27.2 Å². The molecule has 4 aliphatic rings. The number of hydrogen-bond acceptors (Lipinski definition) is 5. The van der Waals surface area contributed by atoms with Gasteiger partial charge in [0.05, 0.1) is 18.7 Å². The van der Waals surface area contributed by atoms with Crippen LogP contribution < -0.4 is 9.47 Å². The number of nitriles is 1. The Morgan fingerprint density at radius 3 is 2.48 bits per heavy atom. The smallest absolute Gasteiger partial charge is 0.173 e. The van der Waals surface area contributed by atoms with E-state index in [2.05, 4.69) is 79.2 Å². The van der Waals surface area contributed by atoms with Crippen molar-refractivity contribution in [2.45, 2.75) is 82.8 Å². The fourth-order valence-electron chi connectivity index (χ4n) is 9.86. The van der Waals surface area contributed by atoms with Gasteiger partial charge in [-0.15, -0.1) is 0 Å². The van der Waals surface area contributed by atoms with Crippen molar-refractivity contribution in [1.29, 1.82) is 5.26 Å². The van der Waals surface area contributed by atoms with E-state index in [1.807, 2.05) is 24.3 Å². The van der Waals surface area contributed by atoms with Gasteiger partial charge in [-0.2, -0.15) is 5.26 Å². The van der Waals surface area contributed by atoms with E-state index in [-0.39, 0.29) is 10.8 Å². The van der Waals surface area contributed by atoms with Crippen molar-refractivity contribution in [3.8, 4) is 23.3 Å². The molecule has 3 aromatic carbocycles. The van der Waals surface area contributed by atoms with E-state index >= 15 is 0 Å². The van der Waals surface area contributed by atoms with Gasteiger partial charge in [-0.05, 0) is 124 Å². The highest BCUT2D eigenvalue weighted by Crippen LogP contribution is 2.71. The Balaban J connectivity index is 1.37. The van der Waals surface area contributed by atoms with E-state index < -0.39 is 0 Å². The zero-order valence-corrected chi connectivity index (χ0v) is 26.9. The van der Waals surface area contributed by atoms with Gasteiger partial charge in [0.2, 0.25) is 0 Å². The second kappa shape index (κ2) is 11.5. The maximum absolute atomic E-state index is 9.39. The lowest BCUT2D eigenvalue weighted by Gasteiger charge is -2.64. The number of methoxy groups -OCH3 is 1. The lowest BCUT2D eigenvalue weighted by molar-refractivity contribution is -0.0785. The zero-order valence-electron chi connectivity index (χ0n) is 26.9. The Labute approximate surface area is 263 Å². The third kappa shape index (κ3) is 4.65. The number of rotatable bonds is 10. The molecule has 2 saturated carbocycles. The maximum atomic E-state index is 9.39. The van der Waals surface area contributed by atoms with E-state index in [0.29, 0.717) is 23.6 Å². The van der Waals surface area contributed by atoms with Crippen LogP contribution in [0.15, 0.2) is 66.7 Å². The molecule has 0 aromatic heterocycles. The van der Waals surface area contributed by atoms with Gasteiger partial charge in [-0.25, -0.2) is 0 Å². The standard InChI is InChI=1S/C39H47N3O2/c1-5-38-20-19-33(27(2)41(3)25-29-9-7-6-8-10-29)39(38)21-22-42(26-30-11-12-30)35(38)23-31-15-18-34(43-4)37(36(31)39)44-32-16-13-28(24-40)14-17-32/h6-10,13-18,27,30,33,35H,5,11-12,19-23,25-26H2,1-4H3. The van der Waals surface area contributed by atoms with Crippen molar-refractivity contribution in [3.63, 3.8) is 0 Å². The summed E-state index contributed by atoms with van der Waals surface area (Å²) in [5, 5.41) is 9.39. The highest BCUT2D eigenvalue weighted by Gasteiger charge is 2.69. The van der Waals surface area contributed by atoms with Crippen LogP contribution in [-0.4, -0.2) is 49.1 Å². The first kappa shape index (κ1) is 29.4. The van der Waals surface area contributed by atoms with Gasteiger partial charge < -0.3 is 9.47 Å². The van der Waals surface area contributed by atoms with Gasteiger partial charge in [-0.1, -0.05) is 43.3 Å². The first-order valence-electron chi connectivity index (χ1n) is 16.8. The average molecular weight is 590 g/mol. The Bertz CT molecular complexity index is 1530. The minimum atomic E-state index is -0.0130. The molecule has 0 spiro atoms. The van der Waals surface area contributed by atoms with E-state index in [9.17, 15) is 5.26 Å². The number of likely N-dealkylation sites (tertiary alicyclic amines) is 1. The number of hydrogen-bond donors (Lipinski definition) is 0. The van der Waals surface area contributed by atoms with Gasteiger partial charge in [-0.3, -0.25) is 9.80 Å². The van der Waals surface area contributed by atoms with Crippen LogP contribution in [0, 0.1) is 28.6 Å². The maximum Gasteiger partial charge on any atom is 0.173 e. The van der Waals surface area contributed by atoms with Crippen molar-refractivity contribution in [2.24, 2.45) is 17.3 Å². The number of nitrogens with zero attached hydrogens (tertiary/aromatic N) is 3. The Morgan fingerprint density at radius 2 is 1.80 bits per heavy atom. The highest BCUT2D eigenvalue weighted by molar-refractivity contribution is 5.60. The Morgan fingerprint density at radius 1 is 1.02 bits per heavy atom. The SMILES string of the molecule is CCC12CCC(C(C)N(C)Cc3ccccc3)C13CCN(CC1CC1)C2Cc1ccc(OC)c(Oc2ccc(C#N)cc2)c13. The molecule has 5 unspecified atom stereocenters. The normalized spacial score (nSPS) is 28.2. The quantitative estimate of drug-likeness (QED) is 0.240. The summed E-state index contributed by atoms with van der Waals surface area (Å²) in [6.45, 7) is 8.31. The Hall–Kier alpha value is -3.33. The zero-order chi connectivity index (χ0) is 30.5. The predicted octanol–water partition coefficient (Wildman–Crippen LogP) is 7.96. The van der Waals surface area contributed by atoms with Crippen LogP contribution in [0.2, 0.25) is 0 Å². The molecule has 230 valence electrons. The van der Waals surface area contributed by atoms with Gasteiger partial charge in [0.1, 0.15) is 5.75 Å². The lowest BCUT2D eigenvalue weighted by Crippen LogP contribution is -2.67. The van der Waals surface area contributed by atoms with Crippen LogP contribution in [0.3, 0.4) is 0 Å². The second-order valence-electron chi connectivity index (χ2n) is 14.0. The van der Waals surface area contributed by atoms with Gasteiger partial charge in [0.25, 0.3) is 0 Å². The van der Waals surface area contributed by atoms with Crippen LogP contribution >= 0.6 is 0 Å². The van der Waals surface area contributed by atoms with Crippen LogP contribution in [0.5, 0.6) is 17.2 Å². The highest BCUT2D eigenvalue weighted by atomic mass is 16.5. The van der Waals surface area contributed by atoms with E-state index in [1.165, 1.54) is 55.3 Å². The third-order valence-electron chi connectivity index (χ3n) is 12.2. The molecule has 0 amide bonds. The molecule has 1 saturated heterocycles. The molecule has 0 radical (unpaired) electrons. The molecular formula is C39H47N3O2. The average Bonchev–Trinajstić information content (AvgIpc) is 3.80. The molecule has 44 heavy (non-hydrogen) atoms. The Kier molecular flexibility index (Phi) is 7.71. The summed E-state index contributed by atoms with van der Waals surface area (Å²) in [7, 11) is 4.09. The fourth-order valence-corrected chi connectivity index (χ4v) is 9.86. The van der Waals surface area contributed by atoms with Gasteiger partial charge in [0.15, 0.2) is 11.5 Å². The molecule has 2 bridgehead atoms. The van der Waals surface area contributed by atoms with E-state index in [1.54, 1.807) is 7.11 Å². The minimum Gasteiger partial charge on any atom is -0.493 e. The van der Waals surface area contributed by atoms with Crippen LogP contribution in [0.4, 0.5) is 0 Å². The van der Waals surface area contributed by atoms with Crippen LogP contribution in [0.25, 0.3) is 0 Å². The van der Waals surface area contributed by atoms with E-state index in [0.717, 1.165) is 49.1 Å². The summed E-state index contributed by atoms with van der Waals surface area (Å²) in [6, 6.07) is 26.1. The van der Waals surface area contributed by atoms with Gasteiger partial charge in [0, 0.05) is 36.2 Å². The van der Waals surface area contributed by atoms with Crippen LogP contribution in [-0.2, 0) is 18.4 Å². The first-order valence-corrected chi connectivity index (χ1v) is 16.8. The number of piperidine rings is 1. The number of fused-ring (bicyclic) bond motifs is 1. The minimum absolute atomic E-state index is 0.0130. The van der Waals surface area contributed by atoms with E-state index in [4.69, 9.17) is 9.47 Å². The monoisotopic (exact) mass is 589 g/mol. The molecule has 3 aromatic rings. The van der Waals surface area contributed by atoms with Crippen molar-refractivity contribution in [3.05, 3.63) is 89.0 Å². The largest absolute Gasteiger partial charge is 0.493 e. The molecule has 5 nitrogen and oxygen atoms in total. The van der Waals surface area contributed by atoms with Crippen molar-refractivity contribution in [1.82, 2.24) is 9.80 Å². The molecular weight excluding hydrogens is 542 g/mol. The molecule has 1 heterocycles. The lowest BCUT2D eigenvalue weighted by atomic mass is 9.46. The number of benzene rings is 3. The summed E-state index contributed by atoms with van der Waals surface area (Å²) in [5.41, 5.74) is 5.03. The summed E-state index contributed by atoms with van der Waals surface area (Å²) >= 11 is 0.